The minimum absolute atomic E-state index is 0.445. The molecular formula is C14H21N2OP. The van der Waals surface area contributed by atoms with Crippen molar-refractivity contribution < 1.29 is 4.57 Å². The van der Waals surface area contributed by atoms with E-state index >= 15 is 0 Å². The summed E-state index contributed by atoms with van der Waals surface area (Å²) in [4.78, 5) is 0. The Hall–Kier alpha value is -0.630. The molecular weight excluding hydrogens is 243 g/mol. The molecule has 3 nitrogen and oxygen atoms in total. The molecule has 1 aromatic carbocycles. The van der Waals surface area contributed by atoms with Crippen molar-refractivity contribution >= 4 is 12.7 Å². The van der Waals surface area contributed by atoms with Crippen molar-refractivity contribution in [2.24, 2.45) is 5.92 Å². The third-order valence-corrected chi connectivity index (χ3v) is 7.14. The van der Waals surface area contributed by atoms with Crippen LogP contribution in [0.15, 0.2) is 30.3 Å². The van der Waals surface area contributed by atoms with E-state index in [1.54, 1.807) is 0 Å². The van der Waals surface area contributed by atoms with Crippen molar-refractivity contribution in [3.63, 3.8) is 0 Å². The highest BCUT2D eigenvalue weighted by atomic mass is 31.2. The highest BCUT2D eigenvalue weighted by Gasteiger charge is 2.42. The van der Waals surface area contributed by atoms with Gasteiger partial charge in [-0.25, -0.2) is 9.76 Å². The Balaban J connectivity index is 1.90. The summed E-state index contributed by atoms with van der Waals surface area (Å²) in [5.41, 5.74) is 0. The maximum Gasteiger partial charge on any atom is 0.243 e. The molecule has 1 N–H and O–H groups in total. The molecule has 3 atom stereocenters. The molecule has 0 radical (unpaired) electrons. The molecule has 3 rings (SSSR count). The van der Waals surface area contributed by atoms with Crippen LogP contribution in [0, 0.1) is 5.92 Å². The summed E-state index contributed by atoms with van der Waals surface area (Å²) in [6.07, 6.45) is 5.05. The van der Waals surface area contributed by atoms with Crippen LogP contribution < -0.4 is 10.4 Å². The van der Waals surface area contributed by atoms with Crippen LogP contribution in [0.4, 0.5) is 0 Å². The van der Waals surface area contributed by atoms with Gasteiger partial charge in [0.15, 0.2) is 0 Å². The number of hydrogen-bond acceptors (Lipinski definition) is 1. The lowest BCUT2D eigenvalue weighted by atomic mass is 9.85. The fourth-order valence-electron chi connectivity index (χ4n) is 3.28. The molecule has 1 aliphatic heterocycles. The Kier molecular flexibility index (Phi) is 3.31. The SMILES string of the molecule is CN1C[C@H]2CCCC[C@@H]2N[P@@]1(=O)c1ccccc1. The zero-order valence-electron chi connectivity index (χ0n) is 10.9. The third-order valence-electron chi connectivity index (χ3n) is 4.34. The van der Waals surface area contributed by atoms with E-state index in [4.69, 9.17) is 0 Å². The Labute approximate surface area is 109 Å². The average molecular weight is 264 g/mol. The lowest BCUT2D eigenvalue weighted by Gasteiger charge is -2.45. The summed E-state index contributed by atoms with van der Waals surface area (Å²) in [5.74, 6) is 0.675. The molecule has 1 saturated carbocycles. The smallest absolute Gasteiger partial charge is 0.243 e. The molecule has 2 aliphatic rings. The van der Waals surface area contributed by atoms with Crippen molar-refractivity contribution in [2.75, 3.05) is 13.6 Å². The van der Waals surface area contributed by atoms with Gasteiger partial charge < -0.3 is 0 Å². The average Bonchev–Trinajstić information content (AvgIpc) is 2.41. The van der Waals surface area contributed by atoms with Crippen LogP contribution in [0.25, 0.3) is 0 Å². The van der Waals surface area contributed by atoms with Crippen LogP contribution >= 0.6 is 7.44 Å². The lowest BCUT2D eigenvalue weighted by molar-refractivity contribution is 0.222. The minimum Gasteiger partial charge on any atom is -0.284 e. The van der Waals surface area contributed by atoms with E-state index < -0.39 is 7.44 Å². The van der Waals surface area contributed by atoms with Crippen molar-refractivity contribution in [3.8, 4) is 0 Å². The molecule has 0 bridgehead atoms. The van der Waals surface area contributed by atoms with Crippen LogP contribution in [0.1, 0.15) is 25.7 Å². The topological polar surface area (TPSA) is 32.3 Å². The molecule has 0 unspecified atom stereocenters. The molecule has 1 heterocycles. The molecule has 1 aliphatic carbocycles. The molecule has 1 saturated heterocycles. The van der Waals surface area contributed by atoms with Gasteiger partial charge >= 0.3 is 0 Å². The zero-order valence-corrected chi connectivity index (χ0v) is 11.8. The zero-order chi connectivity index (χ0) is 12.6. The molecule has 0 amide bonds. The molecule has 4 heteroatoms. The highest BCUT2D eigenvalue weighted by molar-refractivity contribution is 7.67. The van der Waals surface area contributed by atoms with Crippen molar-refractivity contribution in [1.29, 1.82) is 0 Å². The van der Waals surface area contributed by atoms with Crippen LogP contribution in [-0.2, 0) is 4.57 Å². The van der Waals surface area contributed by atoms with E-state index in [1.165, 1.54) is 25.7 Å². The largest absolute Gasteiger partial charge is 0.284 e. The fourth-order valence-corrected chi connectivity index (χ4v) is 5.82. The Morgan fingerprint density at radius 3 is 2.72 bits per heavy atom. The second kappa shape index (κ2) is 4.80. The van der Waals surface area contributed by atoms with E-state index in [-0.39, 0.29) is 0 Å². The monoisotopic (exact) mass is 264 g/mol. The number of fused-ring (bicyclic) bond motifs is 1. The Morgan fingerprint density at radius 2 is 1.94 bits per heavy atom. The second-order valence-corrected chi connectivity index (χ2v) is 8.14. The van der Waals surface area contributed by atoms with Gasteiger partial charge in [-0.05, 0) is 37.9 Å². The van der Waals surface area contributed by atoms with Crippen LogP contribution in [0.5, 0.6) is 0 Å². The predicted molar refractivity (Wildman–Crippen MR) is 75.2 cm³/mol. The van der Waals surface area contributed by atoms with E-state index in [0.29, 0.717) is 12.0 Å². The van der Waals surface area contributed by atoms with Gasteiger partial charge in [-0.1, -0.05) is 31.0 Å². The van der Waals surface area contributed by atoms with Gasteiger partial charge in [0.2, 0.25) is 7.44 Å². The first-order valence-electron chi connectivity index (χ1n) is 6.85. The summed E-state index contributed by atoms with van der Waals surface area (Å²) in [6, 6.07) is 10.3. The fraction of sp³-hybridized carbons (Fsp3) is 0.571. The minimum atomic E-state index is -2.56. The van der Waals surface area contributed by atoms with E-state index in [0.717, 1.165) is 11.8 Å². The van der Waals surface area contributed by atoms with Gasteiger partial charge in [0, 0.05) is 17.9 Å². The number of benzene rings is 1. The normalized spacial score (nSPS) is 37.2. The van der Waals surface area contributed by atoms with E-state index in [1.807, 2.05) is 37.4 Å². The summed E-state index contributed by atoms with van der Waals surface area (Å²) >= 11 is 0. The van der Waals surface area contributed by atoms with Crippen LogP contribution in [0.3, 0.4) is 0 Å². The van der Waals surface area contributed by atoms with Crippen LogP contribution in [-0.4, -0.2) is 24.3 Å². The molecule has 98 valence electrons. The summed E-state index contributed by atoms with van der Waals surface area (Å²) in [5, 5.41) is 4.42. The summed E-state index contributed by atoms with van der Waals surface area (Å²) < 4.78 is 15.3. The Morgan fingerprint density at radius 1 is 1.22 bits per heavy atom. The molecule has 0 spiro atoms. The maximum atomic E-state index is 13.2. The molecule has 18 heavy (non-hydrogen) atoms. The van der Waals surface area contributed by atoms with Crippen molar-refractivity contribution in [2.45, 2.75) is 31.7 Å². The van der Waals surface area contributed by atoms with Crippen LogP contribution in [0.2, 0.25) is 0 Å². The second-order valence-electron chi connectivity index (χ2n) is 5.53. The molecule has 2 fully saturated rings. The number of nitrogens with one attached hydrogen (secondary N) is 1. The van der Waals surface area contributed by atoms with Gasteiger partial charge in [-0.2, -0.15) is 0 Å². The Bertz CT molecular complexity index is 462. The van der Waals surface area contributed by atoms with Gasteiger partial charge in [0.1, 0.15) is 0 Å². The van der Waals surface area contributed by atoms with Gasteiger partial charge in [-0.3, -0.25) is 4.57 Å². The van der Waals surface area contributed by atoms with Gasteiger partial charge in [0.25, 0.3) is 0 Å². The first kappa shape index (κ1) is 12.4. The third kappa shape index (κ3) is 2.05. The predicted octanol–water partition coefficient (Wildman–Crippen LogP) is 2.60. The maximum absolute atomic E-state index is 13.2. The van der Waals surface area contributed by atoms with Gasteiger partial charge in [0.05, 0.1) is 0 Å². The summed E-state index contributed by atoms with van der Waals surface area (Å²) in [6.45, 7) is 0.962. The number of hydrogen-bond donors (Lipinski definition) is 1. The van der Waals surface area contributed by atoms with E-state index in [9.17, 15) is 4.57 Å². The lowest BCUT2D eigenvalue weighted by Crippen LogP contribution is -2.51. The summed E-state index contributed by atoms with van der Waals surface area (Å²) in [7, 11) is -0.571. The molecule has 1 aromatic rings. The number of nitrogens with zero attached hydrogens (tertiary/aromatic N) is 1. The first-order valence-corrected chi connectivity index (χ1v) is 8.51. The quantitative estimate of drug-likeness (QED) is 0.791. The van der Waals surface area contributed by atoms with E-state index in [2.05, 4.69) is 9.76 Å². The molecule has 0 aromatic heterocycles. The number of rotatable bonds is 1. The van der Waals surface area contributed by atoms with Gasteiger partial charge in [-0.15, -0.1) is 0 Å². The van der Waals surface area contributed by atoms with Crippen molar-refractivity contribution in [3.05, 3.63) is 30.3 Å². The standard InChI is InChI=1S/C14H21N2OP/c1-16-11-12-7-5-6-10-14(12)15-18(16,17)13-8-3-2-4-9-13/h2-4,8-9,12,14H,5-7,10-11H2,1H3,(H,15,17)/t12-,14+,18+/m1/s1. The van der Waals surface area contributed by atoms with Crippen molar-refractivity contribution in [1.82, 2.24) is 9.76 Å². The highest BCUT2D eigenvalue weighted by Crippen LogP contribution is 2.49. The first-order chi connectivity index (χ1) is 8.70.